The van der Waals surface area contributed by atoms with E-state index in [0.717, 1.165) is 10.9 Å². The first kappa shape index (κ1) is 13.1. The van der Waals surface area contributed by atoms with Gasteiger partial charge in [0.05, 0.1) is 9.21 Å². The van der Waals surface area contributed by atoms with Crippen molar-refractivity contribution < 1.29 is 4.79 Å². The Labute approximate surface area is 126 Å². The van der Waals surface area contributed by atoms with Gasteiger partial charge in [-0.3, -0.25) is 4.79 Å². The molecule has 0 bridgehead atoms. The number of allylic oxidation sites excluding steroid dienone is 1. The lowest BCUT2D eigenvalue weighted by Gasteiger charge is -2.01. The van der Waals surface area contributed by atoms with Gasteiger partial charge in [0.25, 0.3) is 0 Å². The Morgan fingerprint density at radius 2 is 1.80 bits per heavy atom. The third-order valence-corrected chi connectivity index (χ3v) is 4.30. The molecular formula is C17H11ClOS. The molecule has 0 saturated heterocycles. The average Bonchev–Trinajstić information content (AvgIpc) is 2.91. The zero-order valence-electron chi connectivity index (χ0n) is 10.5. The van der Waals surface area contributed by atoms with Crippen molar-refractivity contribution in [3.63, 3.8) is 0 Å². The van der Waals surface area contributed by atoms with Crippen molar-refractivity contribution in [1.82, 2.24) is 0 Å². The lowest BCUT2D eigenvalue weighted by Crippen LogP contribution is -1.88. The minimum absolute atomic E-state index is 0.0187. The molecule has 3 aromatic rings. The molecule has 0 amide bonds. The monoisotopic (exact) mass is 298 g/mol. The molecule has 0 unspecified atom stereocenters. The van der Waals surface area contributed by atoms with Crippen molar-refractivity contribution in [3.8, 4) is 0 Å². The van der Waals surface area contributed by atoms with Gasteiger partial charge in [-0.2, -0.15) is 0 Å². The van der Waals surface area contributed by atoms with E-state index in [-0.39, 0.29) is 5.78 Å². The van der Waals surface area contributed by atoms with Gasteiger partial charge in [-0.05, 0) is 34.5 Å². The highest BCUT2D eigenvalue weighted by molar-refractivity contribution is 7.18. The van der Waals surface area contributed by atoms with Gasteiger partial charge in [0, 0.05) is 0 Å². The van der Waals surface area contributed by atoms with Gasteiger partial charge in [-0.1, -0.05) is 60.1 Å². The van der Waals surface area contributed by atoms with Crippen LogP contribution in [0.1, 0.15) is 15.2 Å². The summed E-state index contributed by atoms with van der Waals surface area (Å²) >= 11 is 7.14. The summed E-state index contributed by atoms with van der Waals surface area (Å²) < 4.78 is 0.631. The van der Waals surface area contributed by atoms with Crippen molar-refractivity contribution >= 4 is 45.6 Å². The van der Waals surface area contributed by atoms with Crippen LogP contribution in [0.4, 0.5) is 0 Å². The summed E-state index contributed by atoms with van der Waals surface area (Å²) in [5.74, 6) is -0.0187. The SMILES string of the molecule is O=C(C=Cc1cccc2ccccc12)c1ccc(Cl)s1. The predicted molar refractivity (Wildman–Crippen MR) is 86.6 cm³/mol. The number of fused-ring (bicyclic) bond motifs is 1. The van der Waals surface area contributed by atoms with E-state index in [9.17, 15) is 4.79 Å². The number of ketones is 1. The molecule has 1 heterocycles. The Morgan fingerprint density at radius 3 is 2.60 bits per heavy atom. The normalized spacial score (nSPS) is 11.2. The number of carbonyl (C=O) groups excluding carboxylic acids is 1. The second-order valence-electron chi connectivity index (χ2n) is 4.37. The molecule has 0 saturated carbocycles. The zero-order chi connectivity index (χ0) is 13.9. The van der Waals surface area contributed by atoms with Gasteiger partial charge in [0.1, 0.15) is 0 Å². The summed E-state index contributed by atoms with van der Waals surface area (Å²) in [5, 5.41) is 2.31. The highest BCUT2D eigenvalue weighted by Gasteiger charge is 2.05. The zero-order valence-corrected chi connectivity index (χ0v) is 12.1. The molecule has 0 atom stereocenters. The predicted octanol–water partition coefficient (Wildman–Crippen LogP) is 5.45. The molecule has 0 N–H and O–H groups in total. The van der Waals surface area contributed by atoms with E-state index in [1.807, 2.05) is 30.3 Å². The number of carbonyl (C=O) groups is 1. The molecule has 0 fully saturated rings. The molecule has 2 aromatic carbocycles. The highest BCUT2D eigenvalue weighted by atomic mass is 35.5. The molecule has 20 heavy (non-hydrogen) atoms. The standard InChI is InChI=1S/C17H11ClOS/c18-17-11-10-16(20-17)15(19)9-8-13-6-3-5-12-4-1-2-7-14(12)13/h1-11H. The number of thiophene rings is 1. The second kappa shape index (κ2) is 5.61. The van der Waals surface area contributed by atoms with Crippen molar-refractivity contribution in [2.75, 3.05) is 0 Å². The fraction of sp³-hybridized carbons (Fsp3) is 0. The van der Waals surface area contributed by atoms with E-state index in [2.05, 4.69) is 18.2 Å². The van der Waals surface area contributed by atoms with Crippen LogP contribution in [0.25, 0.3) is 16.8 Å². The number of benzene rings is 2. The molecule has 1 nitrogen and oxygen atoms in total. The first-order chi connectivity index (χ1) is 9.74. The van der Waals surface area contributed by atoms with Gasteiger partial charge >= 0.3 is 0 Å². The molecule has 0 aliphatic heterocycles. The molecule has 0 aliphatic carbocycles. The maximum atomic E-state index is 12.0. The molecule has 3 rings (SSSR count). The fourth-order valence-corrected chi connectivity index (χ4v) is 3.05. The van der Waals surface area contributed by atoms with E-state index in [0.29, 0.717) is 9.21 Å². The first-order valence-corrected chi connectivity index (χ1v) is 7.39. The quantitative estimate of drug-likeness (QED) is 0.464. The Bertz CT molecular complexity index is 796. The third-order valence-electron chi connectivity index (χ3n) is 3.05. The van der Waals surface area contributed by atoms with Crippen molar-refractivity contribution in [3.05, 3.63) is 75.5 Å². The molecular weight excluding hydrogens is 288 g/mol. The molecule has 1 aromatic heterocycles. The van der Waals surface area contributed by atoms with Crippen molar-refractivity contribution in [2.24, 2.45) is 0 Å². The van der Waals surface area contributed by atoms with E-state index >= 15 is 0 Å². The van der Waals surface area contributed by atoms with Gasteiger partial charge in [-0.15, -0.1) is 11.3 Å². The van der Waals surface area contributed by atoms with Crippen LogP contribution < -0.4 is 0 Å². The third kappa shape index (κ3) is 2.67. The van der Waals surface area contributed by atoms with Crippen LogP contribution in [0.2, 0.25) is 4.34 Å². The van der Waals surface area contributed by atoms with Gasteiger partial charge in [0.15, 0.2) is 5.78 Å². The summed E-state index contributed by atoms with van der Waals surface area (Å²) in [7, 11) is 0. The second-order valence-corrected chi connectivity index (χ2v) is 6.08. The van der Waals surface area contributed by atoms with E-state index < -0.39 is 0 Å². The highest BCUT2D eigenvalue weighted by Crippen LogP contribution is 2.23. The van der Waals surface area contributed by atoms with Crippen LogP contribution in [0, 0.1) is 0 Å². The van der Waals surface area contributed by atoms with Gasteiger partial charge < -0.3 is 0 Å². The maximum Gasteiger partial charge on any atom is 0.195 e. The van der Waals surface area contributed by atoms with E-state index in [1.54, 1.807) is 18.2 Å². The van der Waals surface area contributed by atoms with Crippen LogP contribution in [-0.2, 0) is 0 Å². The smallest absolute Gasteiger partial charge is 0.195 e. The Hall–Kier alpha value is -1.90. The van der Waals surface area contributed by atoms with Crippen LogP contribution in [0.15, 0.2) is 60.7 Å². The maximum absolute atomic E-state index is 12.0. The average molecular weight is 299 g/mol. The summed E-state index contributed by atoms with van der Waals surface area (Å²) in [5.41, 5.74) is 1.04. The van der Waals surface area contributed by atoms with E-state index in [1.165, 1.54) is 16.7 Å². The molecule has 0 aliphatic rings. The van der Waals surface area contributed by atoms with E-state index in [4.69, 9.17) is 11.6 Å². The topological polar surface area (TPSA) is 17.1 Å². The summed E-state index contributed by atoms with van der Waals surface area (Å²) in [6, 6.07) is 17.7. The minimum atomic E-state index is -0.0187. The number of rotatable bonds is 3. The molecule has 0 radical (unpaired) electrons. The number of halogens is 1. The number of hydrogen-bond acceptors (Lipinski definition) is 2. The first-order valence-electron chi connectivity index (χ1n) is 6.19. The molecule has 3 heteroatoms. The van der Waals surface area contributed by atoms with Crippen LogP contribution in [-0.4, -0.2) is 5.78 Å². The van der Waals surface area contributed by atoms with Crippen LogP contribution >= 0.6 is 22.9 Å². The summed E-state index contributed by atoms with van der Waals surface area (Å²) in [6.07, 6.45) is 3.46. The van der Waals surface area contributed by atoms with Crippen molar-refractivity contribution in [1.29, 1.82) is 0 Å². The Balaban J connectivity index is 1.93. The van der Waals surface area contributed by atoms with Crippen LogP contribution in [0.5, 0.6) is 0 Å². The molecule has 0 spiro atoms. The summed E-state index contributed by atoms with van der Waals surface area (Å²) in [6.45, 7) is 0. The lowest BCUT2D eigenvalue weighted by atomic mass is 10.0. The lowest BCUT2D eigenvalue weighted by molar-refractivity contribution is 0.105. The van der Waals surface area contributed by atoms with Crippen LogP contribution in [0.3, 0.4) is 0 Å². The largest absolute Gasteiger partial charge is 0.288 e. The summed E-state index contributed by atoms with van der Waals surface area (Å²) in [4.78, 5) is 12.7. The minimum Gasteiger partial charge on any atom is -0.288 e. The molecule has 98 valence electrons. The fourth-order valence-electron chi connectivity index (χ4n) is 2.09. The van der Waals surface area contributed by atoms with Crippen molar-refractivity contribution in [2.45, 2.75) is 0 Å². The number of hydrogen-bond donors (Lipinski definition) is 0. The van der Waals surface area contributed by atoms with Gasteiger partial charge in [-0.25, -0.2) is 0 Å². The Morgan fingerprint density at radius 1 is 1.00 bits per heavy atom. The van der Waals surface area contributed by atoms with Gasteiger partial charge in [0.2, 0.25) is 0 Å². The Kier molecular flexibility index (Phi) is 3.68.